The van der Waals surface area contributed by atoms with Crippen molar-refractivity contribution in [2.75, 3.05) is 0 Å². The molecule has 3 nitrogen and oxygen atoms in total. The molecular formula is C13H18O3. The molecule has 1 aromatic rings. The number of rotatable bonds is 1. The van der Waals surface area contributed by atoms with Gasteiger partial charge in [-0.1, -0.05) is 30.3 Å². The first-order valence-electron chi connectivity index (χ1n) is 5.56. The molecular weight excluding hydrogens is 204 g/mol. The average Bonchev–Trinajstić information content (AvgIpc) is 2.14. The van der Waals surface area contributed by atoms with Crippen LogP contribution in [0.2, 0.25) is 0 Å². The molecule has 1 aliphatic heterocycles. The van der Waals surface area contributed by atoms with Gasteiger partial charge in [0.05, 0.1) is 11.7 Å². The Hall–Kier alpha value is -0.900. The molecule has 2 rings (SSSR count). The summed E-state index contributed by atoms with van der Waals surface area (Å²) >= 11 is 0. The summed E-state index contributed by atoms with van der Waals surface area (Å²) in [5.41, 5.74) is 0.102. The van der Waals surface area contributed by atoms with E-state index in [4.69, 9.17) is 4.74 Å². The predicted molar refractivity (Wildman–Crippen MR) is 60.7 cm³/mol. The highest BCUT2D eigenvalue weighted by Gasteiger charge is 2.42. The molecule has 0 saturated carbocycles. The van der Waals surface area contributed by atoms with Gasteiger partial charge in [0.1, 0.15) is 0 Å². The van der Waals surface area contributed by atoms with Crippen LogP contribution < -0.4 is 0 Å². The van der Waals surface area contributed by atoms with E-state index in [-0.39, 0.29) is 12.5 Å². The van der Waals surface area contributed by atoms with Crippen LogP contribution in [0.5, 0.6) is 0 Å². The summed E-state index contributed by atoms with van der Waals surface area (Å²) in [6.45, 7) is 3.33. The Balaban J connectivity index is 2.23. The third-order valence-electron chi connectivity index (χ3n) is 2.90. The Labute approximate surface area is 95.7 Å². The molecule has 1 heterocycles. The number of hydrogen-bond donors (Lipinski definition) is 2. The first kappa shape index (κ1) is 11.6. The van der Waals surface area contributed by atoms with Gasteiger partial charge < -0.3 is 14.9 Å². The van der Waals surface area contributed by atoms with Crippen LogP contribution in [0.3, 0.4) is 0 Å². The van der Waals surface area contributed by atoms with E-state index in [9.17, 15) is 10.2 Å². The largest absolute Gasteiger partial charge is 0.390 e. The van der Waals surface area contributed by atoms with E-state index in [0.717, 1.165) is 5.56 Å². The summed E-state index contributed by atoms with van der Waals surface area (Å²) in [6.07, 6.45) is 0.496. The van der Waals surface area contributed by atoms with E-state index in [1.165, 1.54) is 0 Å². The fourth-order valence-electron chi connectivity index (χ4n) is 2.42. The highest BCUT2D eigenvalue weighted by Crippen LogP contribution is 2.40. The molecule has 0 spiro atoms. The highest BCUT2D eigenvalue weighted by molar-refractivity contribution is 5.19. The molecule has 2 N–H and O–H groups in total. The van der Waals surface area contributed by atoms with Gasteiger partial charge in [0.25, 0.3) is 0 Å². The zero-order valence-corrected chi connectivity index (χ0v) is 9.68. The third kappa shape index (κ3) is 2.61. The van der Waals surface area contributed by atoms with Gasteiger partial charge in [-0.05, 0) is 19.4 Å². The number of ether oxygens (including phenoxy) is 1. The van der Waals surface area contributed by atoms with Gasteiger partial charge in [0.2, 0.25) is 0 Å². The summed E-state index contributed by atoms with van der Waals surface area (Å²) < 4.78 is 5.59. The van der Waals surface area contributed by atoms with E-state index in [1.54, 1.807) is 13.8 Å². The molecule has 0 radical (unpaired) electrons. The first-order valence-corrected chi connectivity index (χ1v) is 5.56. The van der Waals surface area contributed by atoms with Gasteiger partial charge in [-0.25, -0.2) is 0 Å². The quantitative estimate of drug-likeness (QED) is 0.764. The van der Waals surface area contributed by atoms with Crippen molar-refractivity contribution in [3.8, 4) is 0 Å². The van der Waals surface area contributed by atoms with E-state index in [1.807, 2.05) is 30.3 Å². The van der Waals surface area contributed by atoms with Crippen molar-refractivity contribution in [1.82, 2.24) is 0 Å². The van der Waals surface area contributed by atoms with E-state index >= 15 is 0 Å². The van der Waals surface area contributed by atoms with Crippen molar-refractivity contribution in [3.05, 3.63) is 35.9 Å². The van der Waals surface area contributed by atoms with Crippen molar-refractivity contribution in [1.29, 1.82) is 0 Å². The van der Waals surface area contributed by atoms with Crippen LogP contribution in [0, 0.1) is 0 Å². The molecule has 1 aromatic carbocycles. The Morgan fingerprint density at radius 1 is 1.19 bits per heavy atom. The Kier molecular flexibility index (Phi) is 2.78. The van der Waals surface area contributed by atoms with Gasteiger partial charge >= 0.3 is 0 Å². The van der Waals surface area contributed by atoms with Gasteiger partial charge in [0, 0.05) is 12.8 Å². The summed E-state index contributed by atoms with van der Waals surface area (Å²) in [5.74, 6) is -1.26. The Morgan fingerprint density at radius 3 is 2.38 bits per heavy atom. The monoisotopic (exact) mass is 222 g/mol. The van der Waals surface area contributed by atoms with Gasteiger partial charge in [0.15, 0.2) is 5.79 Å². The minimum atomic E-state index is -1.26. The van der Waals surface area contributed by atoms with Crippen LogP contribution in [0.15, 0.2) is 30.3 Å². The van der Waals surface area contributed by atoms with Gasteiger partial charge in [-0.2, -0.15) is 0 Å². The molecule has 0 aliphatic carbocycles. The minimum absolute atomic E-state index is 0.239. The summed E-state index contributed by atoms with van der Waals surface area (Å²) in [5, 5.41) is 20.1. The van der Waals surface area contributed by atoms with Crippen LogP contribution in [0.25, 0.3) is 0 Å². The Morgan fingerprint density at radius 2 is 1.81 bits per heavy atom. The molecule has 16 heavy (non-hydrogen) atoms. The number of aliphatic hydroxyl groups is 2. The molecule has 3 heteroatoms. The molecule has 0 aromatic heterocycles. The smallest absolute Gasteiger partial charge is 0.166 e. The van der Waals surface area contributed by atoms with E-state index in [2.05, 4.69) is 0 Å². The highest BCUT2D eigenvalue weighted by atomic mass is 16.6. The normalized spacial score (nSPS) is 39.6. The van der Waals surface area contributed by atoms with E-state index < -0.39 is 11.4 Å². The van der Waals surface area contributed by atoms with Crippen LogP contribution in [0.1, 0.15) is 38.4 Å². The lowest BCUT2D eigenvalue weighted by molar-refractivity contribution is -0.282. The van der Waals surface area contributed by atoms with Crippen LogP contribution in [0.4, 0.5) is 0 Å². The van der Waals surface area contributed by atoms with Crippen molar-refractivity contribution in [2.45, 2.75) is 44.2 Å². The SMILES string of the molecule is C[C@@]1(O)C[C@@H](c2ccccc2)O[C@](C)(O)C1. The average molecular weight is 222 g/mol. The fourth-order valence-corrected chi connectivity index (χ4v) is 2.42. The van der Waals surface area contributed by atoms with Crippen molar-refractivity contribution < 1.29 is 14.9 Å². The number of hydrogen-bond acceptors (Lipinski definition) is 3. The maximum absolute atomic E-state index is 10.1. The molecule has 3 atom stereocenters. The second kappa shape index (κ2) is 3.84. The molecule has 0 amide bonds. The number of benzene rings is 1. The fraction of sp³-hybridized carbons (Fsp3) is 0.538. The molecule has 1 aliphatic rings. The maximum atomic E-state index is 10.1. The topological polar surface area (TPSA) is 49.7 Å². The first-order chi connectivity index (χ1) is 7.38. The second-order valence-corrected chi connectivity index (χ2v) is 5.07. The van der Waals surface area contributed by atoms with Crippen molar-refractivity contribution >= 4 is 0 Å². The van der Waals surface area contributed by atoms with Crippen LogP contribution >= 0.6 is 0 Å². The Bertz CT molecular complexity index is 341. The van der Waals surface area contributed by atoms with Crippen LogP contribution in [-0.4, -0.2) is 21.6 Å². The zero-order valence-electron chi connectivity index (χ0n) is 9.68. The molecule has 1 fully saturated rings. The third-order valence-corrected chi connectivity index (χ3v) is 2.90. The molecule has 88 valence electrons. The lowest BCUT2D eigenvalue weighted by atomic mass is 9.85. The minimum Gasteiger partial charge on any atom is -0.390 e. The summed E-state index contributed by atoms with van der Waals surface area (Å²) in [6, 6.07) is 9.68. The van der Waals surface area contributed by atoms with Crippen LogP contribution in [-0.2, 0) is 4.74 Å². The predicted octanol–water partition coefficient (Wildman–Crippen LogP) is 2.00. The van der Waals surface area contributed by atoms with E-state index in [0.29, 0.717) is 6.42 Å². The van der Waals surface area contributed by atoms with Crippen molar-refractivity contribution in [3.63, 3.8) is 0 Å². The molecule has 0 unspecified atom stereocenters. The van der Waals surface area contributed by atoms with Gasteiger partial charge in [-0.3, -0.25) is 0 Å². The standard InChI is InChI=1S/C13H18O3/c1-12(14)8-11(16-13(2,15)9-12)10-6-4-3-5-7-10/h3-7,11,14-15H,8-9H2,1-2H3/t11-,12+,13-/m0/s1. The zero-order chi connectivity index (χ0) is 11.8. The van der Waals surface area contributed by atoms with Gasteiger partial charge in [-0.15, -0.1) is 0 Å². The summed E-state index contributed by atoms with van der Waals surface area (Å²) in [4.78, 5) is 0. The molecule has 1 saturated heterocycles. The lowest BCUT2D eigenvalue weighted by Crippen LogP contribution is -2.46. The van der Waals surface area contributed by atoms with Crippen molar-refractivity contribution in [2.24, 2.45) is 0 Å². The summed E-state index contributed by atoms with van der Waals surface area (Å²) in [7, 11) is 0. The molecule has 0 bridgehead atoms. The maximum Gasteiger partial charge on any atom is 0.166 e. The lowest BCUT2D eigenvalue weighted by Gasteiger charge is -2.42. The second-order valence-electron chi connectivity index (χ2n) is 5.07.